The van der Waals surface area contributed by atoms with Crippen molar-refractivity contribution in [1.29, 1.82) is 0 Å². The number of ether oxygens (including phenoxy) is 2. The first-order valence-corrected chi connectivity index (χ1v) is 7.28. The Kier molecular flexibility index (Phi) is 5.99. The fraction of sp³-hybridized carbons (Fsp3) is 0.188. The lowest BCUT2D eigenvalue weighted by Gasteiger charge is -2.06. The molecule has 0 aromatic heterocycles. The van der Waals surface area contributed by atoms with Crippen molar-refractivity contribution in [2.24, 2.45) is 0 Å². The van der Waals surface area contributed by atoms with Gasteiger partial charge in [-0.25, -0.2) is 0 Å². The lowest BCUT2D eigenvalue weighted by atomic mass is 10.3. The quantitative estimate of drug-likeness (QED) is 0.236. The Balaban J connectivity index is 1.71. The fourth-order valence-electron chi connectivity index (χ4n) is 1.89. The van der Waals surface area contributed by atoms with Crippen LogP contribution in [0.25, 0.3) is 0 Å². The topological polar surface area (TPSA) is 122 Å². The van der Waals surface area contributed by atoms with Gasteiger partial charge in [0.2, 0.25) is 0 Å². The van der Waals surface area contributed by atoms with E-state index in [1.165, 1.54) is 48.5 Å². The van der Waals surface area contributed by atoms with Crippen LogP contribution in [0.1, 0.15) is 12.8 Å². The Labute approximate surface area is 142 Å². The van der Waals surface area contributed by atoms with E-state index in [9.17, 15) is 25.0 Å². The van der Waals surface area contributed by atoms with Gasteiger partial charge in [0.05, 0.1) is 16.5 Å². The second kappa shape index (κ2) is 8.39. The molecule has 0 saturated heterocycles. The van der Waals surface area contributed by atoms with Crippen molar-refractivity contribution in [2.45, 2.75) is 12.8 Å². The molecule has 0 spiro atoms. The minimum absolute atomic E-state index is 0.0287. The molecule has 2 aromatic carbocycles. The highest BCUT2D eigenvalue weighted by atomic mass is 16.6. The molecule has 2 rings (SSSR count). The summed E-state index contributed by atoms with van der Waals surface area (Å²) in [5.41, 5.74) is -0.115. The van der Waals surface area contributed by atoms with Gasteiger partial charge < -0.3 is 9.47 Å². The average molecular weight is 346 g/mol. The molecule has 9 heteroatoms. The van der Waals surface area contributed by atoms with Crippen molar-refractivity contribution < 1.29 is 24.1 Å². The minimum Gasteiger partial charge on any atom is -0.494 e. The van der Waals surface area contributed by atoms with Crippen LogP contribution in [0.3, 0.4) is 0 Å². The molecular formula is C16H14N2O7. The van der Waals surface area contributed by atoms with Gasteiger partial charge in [-0.2, -0.15) is 0 Å². The van der Waals surface area contributed by atoms with E-state index in [1.807, 2.05) is 0 Å². The van der Waals surface area contributed by atoms with Gasteiger partial charge in [-0.05, 0) is 30.7 Å². The molecule has 0 N–H and O–H groups in total. The van der Waals surface area contributed by atoms with Crippen LogP contribution in [0.15, 0.2) is 48.5 Å². The van der Waals surface area contributed by atoms with Crippen LogP contribution in [0, 0.1) is 20.2 Å². The molecular weight excluding hydrogens is 332 g/mol. The SMILES string of the molecule is O=C(CCCOc1ccc([N+](=O)[O-])cc1)Oc1ccc([N+](=O)[O-])cc1. The van der Waals surface area contributed by atoms with Crippen LogP contribution in [0.4, 0.5) is 11.4 Å². The van der Waals surface area contributed by atoms with Gasteiger partial charge in [-0.3, -0.25) is 25.0 Å². The van der Waals surface area contributed by atoms with E-state index < -0.39 is 15.8 Å². The third-order valence-electron chi connectivity index (χ3n) is 3.12. The number of hydrogen-bond acceptors (Lipinski definition) is 7. The normalized spacial score (nSPS) is 10.1. The number of carbonyl (C=O) groups is 1. The van der Waals surface area contributed by atoms with E-state index in [2.05, 4.69) is 0 Å². The van der Waals surface area contributed by atoms with Crippen LogP contribution in [0.5, 0.6) is 11.5 Å². The number of benzene rings is 2. The molecule has 0 aliphatic rings. The van der Waals surface area contributed by atoms with Crippen LogP contribution < -0.4 is 9.47 Å². The van der Waals surface area contributed by atoms with Crippen molar-refractivity contribution in [3.8, 4) is 11.5 Å². The van der Waals surface area contributed by atoms with Gasteiger partial charge in [-0.1, -0.05) is 0 Å². The smallest absolute Gasteiger partial charge is 0.311 e. The molecule has 0 bridgehead atoms. The predicted octanol–water partition coefficient (Wildman–Crippen LogP) is 3.27. The van der Waals surface area contributed by atoms with Crippen LogP contribution in [-0.4, -0.2) is 22.4 Å². The van der Waals surface area contributed by atoms with E-state index in [1.54, 1.807) is 0 Å². The largest absolute Gasteiger partial charge is 0.494 e. The molecule has 0 amide bonds. The summed E-state index contributed by atoms with van der Waals surface area (Å²) < 4.78 is 10.4. The van der Waals surface area contributed by atoms with Crippen molar-refractivity contribution in [3.63, 3.8) is 0 Å². The van der Waals surface area contributed by atoms with Gasteiger partial charge >= 0.3 is 5.97 Å². The maximum absolute atomic E-state index is 11.7. The van der Waals surface area contributed by atoms with E-state index in [-0.39, 0.29) is 30.2 Å². The molecule has 0 aliphatic heterocycles. The second-order valence-electron chi connectivity index (χ2n) is 4.93. The molecule has 2 aromatic rings. The molecule has 9 nitrogen and oxygen atoms in total. The fourth-order valence-corrected chi connectivity index (χ4v) is 1.89. The highest BCUT2D eigenvalue weighted by molar-refractivity contribution is 5.72. The van der Waals surface area contributed by atoms with Gasteiger partial charge in [-0.15, -0.1) is 0 Å². The number of nitro groups is 2. The Morgan fingerprint density at radius 2 is 1.32 bits per heavy atom. The minimum atomic E-state index is -0.541. The summed E-state index contributed by atoms with van der Waals surface area (Å²) in [4.78, 5) is 31.7. The lowest BCUT2D eigenvalue weighted by molar-refractivity contribution is -0.385. The first-order valence-electron chi connectivity index (χ1n) is 7.28. The summed E-state index contributed by atoms with van der Waals surface area (Å²) in [6.07, 6.45) is 0.493. The number of esters is 1. The number of rotatable bonds is 8. The van der Waals surface area contributed by atoms with E-state index in [0.717, 1.165) is 0 Å². The Bertz CT molecular complexity index is 757. The zero-order valence-electron chi connectivity index (χ0n) is 13.0. The summed E-state index contributed by atoms with van der Waals surface area (Å²) in [6.45, 7) is 0.243. The van der Waals surface area contributed by atoms with Crippen molar-refractivity contribution in [3.05, 3.63) is 68.8 Å². The molecule has 0 heterocycles. The number of nitro benzene ring substituents is 2. The van der Waals surface area contributed by atoms with E-state index in [4.69, 9.17) is 9.47 Å². The summed E-state index contributed by atoms with van der Waals surface area (Å²) >= 11 is 0. The number of carbonyl (C=O) groups excluding carboxylic acids is 1. The zero-order chi connectivity index (χ0) is 18.2. The maximum atomic E-state index is 11.7. The lowest BCUT2D eigenvalue weighted by Crippen LogP contribution is -2.10. The molecule has 0 atom stereocenters. The third kappa shape index (κ3) is 5.57. The molecule has 0 radical (unpaired) electrons. The summed E-state index contributed by atoms with van der Waals surface area (Å²) in [5, 5.41) is 21.1. The number of nitrogens with zero attached hydrogens (tertiary/aromatic N) is 2. The molecule has 0 saturated carbocycles. The van der Waals surface area contributed by atoms with E-state index >= 15 is 0 Å². The van der Waals surface area contributed by atoms with Crippen molar-refractivity contribution in [1.82, 2.24) is 0 Å². The van der Waals surface area contributed by atoms with Gasteiger partial charge in [0.25, 0.3) is 11.4 Å². The molecule has 0 aliphatic carbocycles. The van der Waals surface area contributed by atoms with Crippen molar-refractivity contribution in [2.75, 3.05) is 6.61 Å². The first kappa shape index (κ1) is 17.9. The highest BCUT2D eigenvalue weighted by Crippen LogP contribution is 2.19. The highest BCUT2D eigenvalue weighted by Gasteiger charge is 2.09. The summed E-state index contributed by atoms with van der Waals surface area (Å²) in [7, 11) is 0. The molecule has 0 unspecified atom stereocenters. The Morgan fingerprint density at radius 3 is 1.80 bits per heavy atom. The monoisotopic (exact) mass is 346 g/mol. The van der Waals surface area contributed by atoms with Crippen molar-refractivity contribution >= 4 is 17.3 Å². The van der Waals surface area contributed by atoms with Gasteiger partial charge in [0.15, 0.2) is 0 Å². The zero-order valence-corrected chi connectivity index (χ0v) is 13.0. The Morgan fingerprint density at radius 1 is 0.840 bits per heavy atom. The van der Waals surface area contributed by atoms with Crippen LogP contribution in [0.2, 0.25) is 0 Å². The summed E-state index contributed by atoms with van der Waals surface area (Å²) in [5.74, 6) is 0.211. The molecule has 130 valence electrons. The average Bonchev–Trinajstić information content (AvgIpc) is 2.59. The Hall–Kier alpha value is -3.49. The second-order valence-corrected chi connectivity index (χ2v) is 4.93. The van der Waals surface area contributed by atoms with Gasteiger partial charge in [0.1, 0.15) is 11.5 Å². The van der Waals surface area contributed by atoms with E-state index in [0.29, 0.717) is 12.2 Å². The first-order chi connectivity index (χ1) is 12.0. The summed E-state index contributed by atoms with van der Waals surface area (Å²) in [6, 6.07) is 10.8. The standard InChI is InChI=1S/C16H14N2O7/c19-16(25-15-9-5-13(6-10-15)18(22)23)2-1-11-24-14-7-3-12(4-8-14)17(20)21/h3-10H,1-2,11H2. The maximum Gasteiger partial charge on any atom is 0.311 e. The number of non-ortho nitro benzene ring substituents is 2. The van der Waals surface area contributed by atoms with Crippen LogP contribution in [-0.2, 0) is 4.79 Å². The third-order valence-corrected chi connectivity index (χ3v) is 3.12. The predicted molar refractivity (Wildman–Crippen MR) is 86.6 cm³/mol. The van der Waals surface area contributed by atoms with Crippen LogP contribution >= 0.6 is 0 Å². The molecule has 0 fully saturated rings. The number of hydrogen-bond donors (Lipinski definition) is 0. The van der Waals surface area contributed by atoms with Gasteiger partial charge in [0, 0.05) is 30.7 Å². The molecule has 25 heavy (non-hydrogen) atoms.